The van der Waals surface area contributed by atoms with Gasteiger partial charge < -0.3 is 11.1 Å². The van der Waals surface area contributed by atoms with E-state index in [9.17, 15) is 4.79 Å². The standard InChI is InChI=1S/C17H19N5OS/c1-11(18)17-20-12(2)15(24-17)16(23)19-10-13-8-9-22(21-13)14-6-4-3-5-7-14/h3-9,11H,10,18H2,1-2H3,(H,19,23). The van der Waals surface area contributed by atoms with E-state index < -0.39 is 0 Å². The summed E-state index contributed by atoms with van der Waals surface area (Å²) < 4.78 is 1.79. The number of nitrogens with two attached hydrogens (primary N) is 1. The average molecular weight is 341 g/mol. The van der Waals surface area contributed by atoms with Gasteiger partial charge in [-0.05, 0) is 32.0 Å². The van der Waals surface area contributed by atoms with Crippen molar-refractivity contribution in [3.63, 3.8) is 0 Å². The number of carbonyl (C=O) groups excluding carboxylic acids is 1. The van der Waals surface area contributed by atoms with Crippen LogP contribution in [0.25, 0.3) is 5.69 Å². The fourth-order valence-electron chi connectivity index (χ4n) is 2.25. The third-order valence-electron chi connectivity index (χ3n) is 3.50. The first kappa shape index (κ1) is 16.4. The van der Waals surface area contributed by atoms with Crippen LogP contribution in [0.2, 0.25) is 0 Å². The third-order valence-corrected chi connectivity index (χ3v) is 4.86. The van der Waals surface area contributed by atoms with E-state index in [2.05, 4.69) is 15.4 Å². The maximum atomic E-state index is 12.3. The number of nitrogens with one attached hydrogen (secondary N) is 1. The van der Waals surface area contributed by atoms with Gasteiger partial charge in [-0.2, -0.15) is 5.10 Å². The van der Waals surface area contributed by atoms with E-state index in [-0.39, 0.29) is 11.9 Å². The Balaban J connectivity index is 1.66. The fourth-order valence-corrected chi connectivity index (χ4v) is 3.19. The first-order valence-corrected chi connectivity index (χ1v) is 8.47. The summed E-state index contributed by atoms with van der Waals surface area (Å²) in [6, 6.07) is 11.6. The summed E-state index contributed by atoms with van der Waals surface area (Å²) in [4.78, 5) is 17.3. The van der Waals surface area contributed by atoms with Crippen molar-refractivity contribution >= 4 is 17.2 Å². The quantitative estimate of drug-likeness (QED) is 0.747. The molecule has 0 fully saturated rings. The molecule has 2 heterocycles. The van der Waals surface area contributed by atoms with Crippen molar-refractivity contribution in [2.45, 2.75) is 26.4 Å². The van der Waals surface area contributed by atoms with E-state index in [4.69, 9.17) is 5.73 Å². The first-order chi connectivity index (χ1) is 11.5. The van der Waals surface area contributed by atoms with Crippen LogP contribution in [0.4, 0.5) is 0 Å². The lowest BCUT2D eigenvalue weighted by atomic mass is 10.3. The molecule has 0 aliphatic carbocycles. The number of benzene rings is 1. The number of para-hydroxylation sites is 1. The van der Waals surface area contributed by atoms with Gasteiger partial charge in [-0.1, -0.05) is 18.2 Å². The van der Waals surface area contributed by atoms with E-state index in [0.29, 0.717) is 17.1 Å². The molecule has 1 unspecified atom stereocenters. The second-order valence-corrected chi connectivity index (χ2v) is 6.56. The molecule has 0 aliphatic rings. The van der Waals surface area contributed by atoms with E-state index in [0.717, 1.165) is 16.4 Å². The number of aromatic nitrogens is 3. The zero-order chi connectivity index (χ0) is 17.1. The Morgan fingerprint density at radius 3 is 2.75 bits per heavy atom. The van der Waals surface area contributed by atoms with Crippen LogP contribution in [0, 0.1) is 6.92 Å². The highest BCUT2D eigenvalue weighted by molar-refractivity contribution is 7.13. The number of amides is 1. The molecule has 24 heavy (non-hydrogen) atoms. The number of nitrogens with zero attached hydrogens (tertiary/aromatic N) is 3. The van der Waals surface area contributed by atoms with Crippen LogP contribution < -0.4 is 11.1 Å². The SMILES string of the molecule is Cc1nc(C(C)N)sc1C(=O)NCc1ccn(-c2ccccc2)n1. The van der Waals surface area contributed by atoms with Crippen molar-refractivity contribution in [3.05, 3.63) is 63.9 Å². The molecule has 2 aromatic heterocycles. The molecule has 0 bridgehead atoms. The Labute approximate surface area is 144 Å². The molecule has 0 radical (unpaired) electrons. The number of rotatable bonds is 5. The average Bonchev–Trinajstić information content (AvgIpc) is 3.20. The van der Waals surface area contributed by atoms with Crippen LogP contribution >= 0.6 is 11.3 Å². The summed E-state index contributed by atoms with van der Waals surface area (Å²) in [6.45, 7) is 4.04. The van der Waals surface area contributed by atoms with Crippen LogP contribution in [-0.4, -0.2) is 20.7 Å². The monoisotopic (exact) mass is 341 g/mol. The molecule has 0 saturated carbocycles. The Bertz CT molecular complexity index is 838. The highest BCUT2D eigenvalue weighted by Crippen LogP contribution is 2.22. The Kier molecular flexibility index (Phi) is 4.73. The van der Waals surface area contributed by atoms with Gasteiger partial charge in [-0.25, -0.2) is 9.67 Å². The van der Waals surface area contributed by atoms with Crippen LogP contribution in [0.5, 0.6) is 0 Å². The molecule has 7 heteroatoms. The number of hydrogen-bond acceptors (Lipinski definition) is 5. The highest BCUT2D eigenvalue weighted by Gasteiger charge is 2.17. The molecule has 3 N–H and O–H groups in total. The van der Waals surface area contributed by atoms with Crippen molar-refractivity contribution in [1.29, 1.82) is 0 Å². The minimum atomic E-state index is -0.170. The maximum Gasteiger partial charge on any atom is 0.263 e. The lowest BCUT2D eigenvalue weighted by molar-refractivity contribution is 0.0953. The van der Waals surface area contributed by atoms with Gasteiger partial charge in [-0.3, -0.25) is 4.79 Å². The summed E-state index contributed by atoms with van der Waals surface area (Å²) in [5.74, 6) is -0.147. The Morgan fingerprint density at radius 2 is 2.08 bits per heavy atom. The highest BCUT2D eigenvalue weighted by atomic mass is 32.1. The topological polar surface area (TPSA) is 85.8 Å². The van der Waals surface area contributed by atoms with Gasteiger partial charge in [0.15, 0.2) is 0 Å². The molecule has 1 atom stereocenters. The van der Waals surface area contributed by atoms with Crippen molar-refractivity contribution in [2.24, 2.45) is 5.73 Å². The summed E-state index contributed by atoms with van der Waals surface area (Å²) in [6.07, 6.45) is 1.88. The second-order valence-electron chi connectivity index (χ2n) is 5.53. The molecule has 1 aromatic carbocycles. The Hall–Kier alpha value is -2.51. The third kappa shape index (κ3) is 3.52. The first-order valence-electron chi connectivity index (χ1n) is 7.65. The maximum absolute atomic E-state index is 12.3. The zero-order valence-corrected chi connectivity index (χ0v) is 14.4. The molecule has 3 rings (SSSR count). The van der Waals surface area contributed by atoms with Crippen molar-refractivity contribution in [2.75, 3.05) is 0 Å². The summed E-state index contributed by atoms with van der Waals surface area (Å²) in [5.41, 5.74) is 8.31. The molecule has 6 nitrogen and oxygen atoms in total. The Morgan fingerprint density at radius 1 is 1.33 bits per heavy atom. The molecule has 0 spiro atoms. The fraction of sp³-hybridized carbons (Fsp3) is 0.235. The van der Waals surface area contributed by atoms with Gasteiger partial charge in [0.2, 0.25) is 0 Å². The lowest BCUT2D eigenvalue weighted by Gasteiger charge is -2.02. The van der Waals surface area contributed by atoms with Crippen LogP contribution in [-0.2, 0) is 6.54 Å². The van der Waals surface area contributed by atoms with Crippen molar-refractivity contribution in [1.82, 2.24) is 20.1 Å². The number of thiazole rings is 1. The van der Waals surface area contributed by atoms with Crippen LogP contribution in [0.3, 0.4) is 0 Å². The van der Waals surface area contributed by atoms with Crippen molar-refractivity contribution < 1.29 is 4.79 Å². The van der Waals surface area contributed by atoms with E-state index in [1.807, 2.05) is 56.4 Å². The van der Waals surface area contributed by atoms with Gasteiger partial charge in [0, 0.05) is 6.20 Å². The molecule has 0 aliphatic heterocycles. The summed E-state index contributed by atoms with van der Waals surface area (Å²) in [7, 11) is 0. The number of aryl methyl sites for hydroxylation is 1. The molecule has 124 valence electrons. The van der Waals surface area contributed by atoms with Crippen LogP contribution in [0.15, 0.2) is 42.6 Å². The number of hydrogen-bond donors (Lipinski definition) is 2. The molecular formula is C17H19N5OS. The minimum Gasteiger partial charge on any atom is -0.346 e. The predicted molar refractivity (Wildman–Crippen MR) is 94.2 cm³/mol. The predicted octanol–water partition coefficient (Wildman–Crippen LogP) is 2.59. The largest absolute Gasteiger partial charge is 0.346 e. The molecular weight excluding hydrogens is 322 g/mol. The second kappa shape index (κ2) is 6.94. The van der Waals surface area contributed by atoms with Gasteiger partial charge in [-0.15, -0.1) is 11.3 Å². The molecule has 0 saturated heterocycles. The summed E-state index contributed by atoms with van der Waals surface area (Å²) in [5, 5.41) is 8.13. The number of carbonyl (C=O) groups is 1. The van der Waals surface area contributed by atoms with Gasteiger partial charge in [0.05, 0.1) is 29.7 Å². The van der Waals surface area contributed by atoms with E-state index in [1.54, 1.807) is 4.68 Å². The smallest absolute Gasteiger partial charge is 0.263 e. The summed E-state index contributed by atoms with van der Waals surface area (Å²) >= 11 is 1.34. The van der Waals surface area contributed by atoms with Gasteiger partial charge >= 0.3 is 0 Å². The van der Waals surface area contributed by atoms with Crippen molar-refractivity contribution in [3.8, 4) is 5.69 Å². The zero-order valence-electron chi connectivity index (χ0n) is 13.6. The van der Waals surface area contributed by atoms with E-state index >= 15 is 0 Å². The molecule has 3 aromatic rings. The minimum absolute atomic E-state index is 0.147. The normalized spacial score (nSPS) is 12.1. The molecule has 1 amide bonds. The van der Waals surface area contributed by atoms with Gasteiger partial charge in [0.25, 0.3) is 5.91 Å². The lowest BCUT2D eigenvalue weighted by Crippen LogP contribution is -2.22. The van der Waals surface area contributed by atoms with E-state index in [1.165, 1.54) is 11.3 Å². The van der Waals surface area contributed by atoms with Gasteiger partial charge in [0.1, 0.15) is 9.88 Å². The van der Waals surface area contributed by atoms with Crippen LogP contribution in [0.1, 0.15) is 39.0 Å².